The van der Waals surface area contributed by atoms with E-state index >= 15 is 0 Å². The van der Waals surface area contributed by atoms with Gasteiger partial charge in [0.05, 0.1) is 11.8 Å². The van der Waals surface area contributed by atoms with Gasteiger partial charge in [0, 0.05) is 19.6 Å². The van der Waals surface area contributed by atoms with Crippen LogP contribution < -0.4 is 10.6 Å². The highest BCUT2D eigenvalue weighted by atomic mass is 16.3. The zero-order valence-electron chi connectivity index (χ0n) is 7.22. The number of nitrogens with zero attached hydrogens (tertiary/aromatic N) is 3. The largest absolute Gasteiger partial charge is 0.389 e. The minimum absolute atomic E-state index is 0.212. The van der Waals surface area contributed by atoms with Crippen molar-refractivity contribution in [3.8, 4) is 0 Å². The van der Waals surface area contributed by atoms with Gasteiger partial charge in [-0.1, -0.05) is 0 Å². The van der Waals surface area contributed by atoms with Crippen molar-refractivity contribution in [3.05, 3.63) is 17.8 Å². The normalized spacial score (nSPS) is 17.2. The van der Waals surface area contributed by atoms with Gasteiger partial charge in [-0.3, -0.25) is 0 Å². The lowest BCUT2D eigenvalue weighted by atomic mass is 10.2. The molecule has 1 fully saturated rings. The van der Waals surface area contributed by atoms with Gasteiger partial charge in [-0.15, -0.1) is 5.10 Å². The number of β-amino-alcohol motifs (C(OH)–C–C–N with tert-alkyl or cyclic N) is 1. The van der Waals surface area contributed by atoms with E-state index in [4.69, 9.17) is 10.8 Å². The van der Waals surface area contributed by atoms with Crippen molar-refractivity contribution < 1.29 is 5.11 Å². The Kier molecular flexibility index (Phi) is 2.12. The van der Waals surface area contributed by atoms with Gasteiger partial charge in [-0.2, -0.15) is 5.10 Å². The fourth-order valence-corrected chi connectivity index (χ4v) is 1.27. The molecule has 0 aliphatic carbocycles. The van der Waals surface area contributed by atoms with Crippen molar-refractivity contribution >= 4 is 5.82 Å². The van der Waals surface area contributed by atoms with E-state index in [9.17, 15) is 0 Å². The molecule has 2 heterocycles. The van der Waals surface area contributed by atoms with Crippen molar-refractivity contribution in [2.75, 3.05) is 18.0 Å². The van der Waals surface area contributed by atoms with E-state index in [1.165, 1.54) is 0 Å². The molecule has 0 spiro atoms. The Morgan fingerprint density at radius 2 is 2.23 bits per heavy atom. The molecule has 70 valence electrons. The number of aliphatic hydroxyl groups excluding tert-OH is 1. The molecule has 0 amide bonds. The zero-order chi connectivity index (χ0) is 9.26. The fraction of sp³-hybridized carbons (Fsp3) is 0.500. The van der Waals surface area contributed by atoms with Gasteiger partial charge < -0.3 is 15.7 Å². The Morgan fingerprint density at radius 3 is 2.69 bits per heavy atom. The SMILES string of the molecule is NCc1ccc(N2CC(O)C2)nn1. The zero-order valence-corrected chi connectivity index (χ0v) is 7.22. The first-order valence-electron chi connectivity index (χ1n) is 4.25. The standard InChI is InChI=1S/C8H12N4O/c9-3-6-1-2-8(11-10-6)12-4-7(13)5-12/h1-2,7,13H,3-5,9H2. The second-order valence-corrected chi connectivity index (χ2v) is 3.15. The Balaban J connectivity index is 2.06. The number of anilines is 1. The summed E-state index contributed by atoms with van der Waals surface area (Å²) >= 11 is 0. The fourth-order valence-electron chi connectivity index (χ4n) is 1.27. The number of hydrogen-bond donors (Lipinski definition) is 2. The van der Waals surface area contributed by atoms with E-state index in [0.29, 0.717) is 19.6 Å². The highest BCUT2D eigenvalue weighted by Crippen LogP contribution is 2.16. The molecule has 5 nitrogen and oxygen atoms in total. The molecular weight excluding hydrogens is 168 g/mol. The summed E-state index contributed by atoms with van der Waals surface area (Å²) in [6.07, 6.45) is -0.212. The van der Waals surface area contributed by atoms with E-state index in [2.05, 4.69) is 10.2 Å². The van der Waals surface area contributed by atoms with E-state index in [-0.39, 0.29) is 6.10 Å². The second kappa shape index (κ2) is 3.27. The Bertz CT molecular complexity index is 281. The maximum Gasteiger partial charge on any atom is 0.151 e. The maximum absolute atomic E-state index is 9.07. The maximum atomic E-state index is 9.07. The summed E-state index contributed by atoms with van der Waals surface area (Å²) in [5.74, 6) is 0.808. The van der Waals surface area contributed by atoms with Crippen LogP contribution in [0.15, 0.2) is 12.1 Å². The predicted molar refractivity (Wildman–Crippen MR) is 48.1 cm³/mol. The lowest BCUT2D eigenvalue weighted by Gasteiger charge is -2.36. The van der Waals surface area contributed by atoms with Gasteiger partial charge in [0.25, 0.3) is 0 Å². The molecule has 1 aliphatic heterocycles. The van der Waals surface area contributed by atoms with E-state index < -0.39 is 0 Å². The van der Waals surface area contributed by atoms with Crippen molar-refractivity contribution in [2.24, 2.45) is 5.73 Å². The van der Waals surface area contributed by atoms with Crippen molar-refractivity contribution in [1.29, 1.82) is 0 Å². The molecule has 1 aliphatic rings. The van der Waals surface area contributed by atoms with Crippen LogP contribution in [0.25, 0.3) is 0 Å². The molecular formula is C8H12N4O. The molecule has 1 aromatic rings. The Hall–Kier alpha value is -1.20. The summed E-state index contributed by atoms with van der Waals surface area (Å²) in [4.78, 5) is 1.97. The van der Waals surface area contributed by atoms with Gasteiger partial charge in [-0.05, 0) is 12.1 Å². The summed E-state index contributed by atoms with van der Waals surface area (Å²) in [5, 5.41) is 17.0. The monoisotopic (exact) mass is 180 g/mol. The molecule has 0 bridgehead atoms. The average Bonchev–Trinajstić information content (AvgIpc) is 2.13. The molecule has 1 aromatic heterocycles. The number of rotatable bonds is 2. The minimum Gasteiger partial charge on any atom is -0.389 e. The van der Waals surface area contributed by atoms with Crippen molar-refractivity contribution in [2.45, 2.75) is 12.6 Å². The van der Waals surface area contributed by atoms with E-state index in [1.54, 1.807) is 0 Å². The van der Waals surface area contributed by atoms with E-state index in [0.717, 1.165) is 11.5 Å². The van der Waals surface area contributed by atoms with Crippen LogP contribution in [0, 0.1) is 0 Å². The molecule has 1 saturated heterocycles. The summed E-state index contributed by atoms with van der Waals surface area (Å²) < 4.78 is 0. The van der Waals surface area contributed by atoms with Crippen LogP contribution in [0.2, 0.25) is 0 Å². The third-order valence-electron chi connectivity index (χ3n) is 2.10. The van der Waals surface area contributed by atoms with Crippen LogP contribution in [-0.2, 0) is 6.54 Å². The van der Waals surface area contributed by atoms with Crippen LogP contribution in [0.1, 0.15) is 5.69 Å². The molecule has 0 unspecified atom stereocenters. The summed E-state index contributed by atoms with van der Waals surface area (Å²) in [7, 11) is 0. The van der Waals surface area contributed by atoms with Crippen molar-refractivity contribution in [1.82, 2.24) is 10.2 Å². The summed E-state index contributed by atoms with van der Waals surface area (Å²) in [6.45, 7) is 1.71. The van der Waals surface area contributed by atoms with Crippen LogP contribution in [-0.4, -0.2) is 34.5 Å². The van der Waals surface area contributed by atoms with Gasteiger partial charge >= 0.3 is 0 Å². The first-order valence-corrected chi connectivity index (χ1v) is 4.25. The third-order valence-corrected chi connectivity index (χ3v) is 2.10. The molecule has 5 heteroatoms. The Labute approximate surface area is 76.2 Å². The molecule has 0 saturated carbocycles. The highest BCUT2D eigenvalue weighted by molar-refractivity contribution is 5.40. The minimum atomic E-state index is -0.212. The predicted octanol–water partition coefficient (Wildman–Crippen LogP) is -0.884. The van der Waals surface area contributed by atoms with Crippen LogP contribution in [0.3, 0.4) is 0 Å². The number of aliphatic hydroxyl groups is 1. The molecule has 3 N–H and O–H groups in total. The highest BCUT2D eigenvalue weighted by Gasteiger charge is 2.25. The summed E-state index contributed by atoms with van der Waals surface area (Å²) in [5.41, 5.74) is 6.17. The van der Waals surface area contributed by atoms with Gasteiger partial charge in [0.2, 0.25) is 0 Å². The number of aromatic nitrogens is 2. The summed E-state index contributed by atoms with van der Waals surface area (Å²) in [6, 6.07) is 3.73. The molecule has 2 rings (SSSR count). The van der Waals surface area contributed by atoms with Crippen LogP contribution in [0.4, 0.5) is 5.82 Å². The number of nitrogens with two attached hydrogens (primary N) is 1. The second-order valence-electron chi connectivity index (χ2n) is 3.15. The lowest BCUT2D eigenvalue weighted by molar-refractivity contribution is 0.141. The molecule has 0 radical (unpaired) electrons. The lowest BCUT2D eigenvalue weighted by Crippen LogP contribution is -2.51. The Morgan fingerprint density at radius 1 is 1.46 bits per heavy atom. The van der Waals surface area contributed by atoms with Crippen LogP contribution >= 0.6 is 0 Å². The molecule has 0 aromatic carbocycles. The topological polar surface area (TPSA) is 75.3 Å². The first-order chi connectivity index (χ1) is 6.29. The van der Waals surface area contributed by atoms with Crippen LogP contribution in [0.5, 0.6) is 0 Å². The average molecular weight is 180 g/mol. The molecule has 13 heavy (non-hydrogen) atoms. The third kappa shape index (κ3) is 1.61. The quantitative estimate of drug-likeness (QED) is 0.618. The smallest absolute Gasteiger partial charge is 0.151 e. The first kappa shape index (κ1) is 8.40. The van der Waals surface area contributed by atoms with Gasteiger partial charge in [-0.25, -0.2) is 0 Å². The van der Waals surface area contributed by atoms with Crippen molar-refractivity contribution in [3.63, 3.8) is 0 Å². The number of hydrogen-bond acceptors (Lipinski definition) is 5. The molecule has 0 atom stereocenters. The van der Waals surface area contributed by atoms with Gasteiger partial charge in [0.15, 0.2) is 5.82 Å². The van der Waals surface area contributed by atoms with Gasteiger partial charge in [0.1, 0.15) is 0 Å². The van der Waals surface area contributed by atoms with E-state index in [1.807, 2.05) is 17.0 Å².